The Morgan fingerprint density at radius 1 is 0.831 bits per heavy atom. The predicted molar refractivity (Wildman–Crippen MR) is 218 cm³/mol. The molecule has 2 aliphatic rings. The van der Waals surface area contributed by atoms with Crippen LogP contribution in [0, 0.1) is 5.92 Å². The standard InChI is InChI=1S/C45H42N6O7S/c1-29-39(28-59-44-47-48-49-51(44)37-13-6-3-7-14-37)57-43(58-41(29)34-17-15-30(26-52)16-18-34)35-21-19-33(20-22-35)36-12-8-11-32(23-36)25-50-40(53)24-38(42(50)54)46-45(55)56-27-31-9-4-2-5-10-31/h2-23,29,38-39,41,43,52H,24-28H2,1H3,(H,46,55)/t29-,38?,39+,41+,43+/m1/s1. The van der Waals surface area contributed by atoms with Gasteiger partial charge in [0.15, 0.2) is 6.29 Å². The SMILES string of the molecule is C[C@@H]1[C@H](CSc2nnnn2-c2ccccc2)O[C@H](c2ccc(-c3cccc(CN4C(=O)CC(NC(=O)OCc5ccccc5)C4=O)c3)cc2)O[C@@H]1c1ccc(CO)cc1. The van der Waals surface area contributed by atoms with E-state index in [0.717, 1.165) is 44.6 Å². The molecule has 2 N–H and O–H groups in total. The molecular weight excluding hydrogens is 769 g/mol. The topological polar surface area (TPSA) is 158 Å². The van der Waals surface area contributed by atoms with Crippen LogP contribution in [0.3, 0.4) is 0 Å². The van der Waals surface area contributed by atoms with Crippen LogP contribution in [0.5, 0.6) is 0 Å². The first-order valence-corrected chi connectivity index (χ1v) is 20.3. The second-order valence-electron chi connectivity index (χ2n) is 14.4. The summed E-state index contributed by atoms with van der Waals surface area (Å²) in [5, 5.41) is 25.3. The minimum absolute atomic E-state index is 0.0318. The molecule has 59 heavy (non-hydrogen) atoms. The van der Waals surface area contributed by atoms with Gasteiger partial charge in [0.1, 0.15) is 12.6 Å². The van der Waals surface area contributed by atoms with Gasteiger partial charge in [0, 0.05) is 17.2 Å². The highest BCUT2D eigenvalue weighted by atomic mass is 32.2. The second-order valence-corrected chi connectivity index (χ2v) is 15.4. The molecular formula is C45H42N6O7S. The van der Waals surface area contributed by atoms with Gasteiger partial charge in [-0.05, 0) is 62.0 Å². The van der Waals surface area contributed by atoms with Gasteiger partial charge < -0.3 is 24.6 Å². The van der Waals surface area contributed by atoms with Gasteiger partial charge in [0.25, 0.3) is 5.91 Å². The number of aromatic nitrogens is 4. The zero-order chi connectivity index (χ0) is 40.7. The highest BCUT2D eigenvalue weighted by Gasteiger charge is 2.40. The first kappa shape index (κ1) is 39.6. The lowest BCUT2D eigenvalue weighted by molar-refractivity contribution is -0.268. The molecule has 0 radical (unpaired) electrons. The van der Waals surface area contributed by atoms with E-state index >= 15 is 0 Å². The molecule has 2 saturated heterocycles. The number of likely N-dealkylation sites (tertiary alicyclic amines) is 1. The first-order valence-electron chi connectivity index (χ1n) is 19.3. The van der Waals surface area contributed by atoms with E-state index in [-0.39, 0.29) is 50.2 Å². The lowest BCUT2D eigenvalue weighted by atomic mass is 9.91. The van der Waals surface area contributed by atoms with Crippen LogP contribution in [0.1, 0.15) is 53.6 Å². The molecule has 3 heterocycles. The molecule has 2 fully saturated rings. The van der Waals surface area contributed by atoms with Gasteiger partial charge in [-0.3, -0.25) is 14.5 Å². The summed E-state index contributed by atoms with van der Waals surface area (Å²) >= 11 is 1.52. The van der Waals surface area contributed by atoms with E-state index in [2.05, 4.69) is 27.8 Å². The Morgan fingerprint density at radius 3 is 2.29 bits per heavy atom. The zero-order valence-corrected chi connectivity index (χ0v) is 33.0. The van der Waals surface area contributed by atoms with Gasteiger partial charge in [0.05, 0.1) is 37.5 Å². The smallest absolute Gasteiger partial charge is 0.408 e. The number of tetrazole rings is 1. The van der Waals surface area contributed by atoms with E-state index in [1.165, 1.54) is 16.7 Å². The number of thioether (sulfide) groups is 1. The van der Waals surface area contributed by atoms with Crippen LogP contribution in [0.4, 0.5) is 4.79 Å². The molecule has 5 aromatic carbocycles. The fourth-order valence-corrected chi connectivity index (χ4v) is 8.25. The fourth-order valence-electron chi connectivity index (χ4n) is 7.20. The van der Waals surface area contributed by atoms with Gasteiger partial charge in [-0.15, -0.1) is 5.10 Å². The maximum absolute atomic E-state index is 13.2. The van der Waals surface area contributed by atoms with Crippen molar-refractivity contribution in [1.82, 2.24) is 30.4 Å². The average molecular weight is 811 g/mol. The number of nitrogens with zero attached hydrogens (tertiary/aromatic N) is 5. The van der Waals surface area contributed by atoms with E-state index in [9.17, 15) is 19.5 Å². The van der Waals surface area contributed by atoms with Crippen molar-refractivity contribution in [1.29, 1.82) is 0 Å². The molecule has 2 aliphatic heterocycles. The number of carbonyl (C=O) groups excluding carboxylic acids is 3. The molecule has 0 spiro atoms. The number of alkyl carbamates (subject to hydrolysis) is 1. The number of hydrogen-bond acceptors (Lipinski definition) is 11. The zero-order valence-electron chi connectivity index (χ0n) is 32.2. The van der Waals surface area contributed by atoms with Crippen molar-refractivity contribution in [3.8, 4) is 16.8 Å². The van der Waals surface area contributed by atoms with Crippen LogP contribution in [0.2, 0.25) is 0 Å². The van der Waals surface area contributed by atoms with Crippen molar-refractivity contribution in [3.63, 3.8) is 0 Å². The maximum Gasteiger partial charge on any atom is 0.408 e. The average Bonchev–Trinajstić information content (AvgIpc) is 3.86. The van der Waals surface area contributed by atoms with Crippen LogP contribution in [-0.2, 0) is 43.6 Å². The number of carbonyl (C=O) groups is 3. The molecule has 0 saturated carbocycles. The summed E-state index contributed by atoms with van der Waals surface area (Å²) in [6.45, 7) is 2.20. The summed E-state index contributed by atoms with van der Waals surface area (Å²) in [5.74, 6) is -0.302. The van der Waals surface area contributed by atoms with Gasteiger partial charge in [-0.25, -0.2) is 4.79 Å². The molecule has 13 nitrogen and oxygen atoms in total. The van der Waals surface area contributed by atoms with Gasteiger partial charge >= 0.3 is 6.09 Å². The minimum Gasteiger partial charge on any atom is -0.445 e. The molecule has 1 unspecified atom stereocenters. The Kier molecular flexibility index (Phi) is 12.2. The number of para-hydroxylation sites is 1. The lowest BCUT2D eigenvalue weighted by Crippen LogP contribution is -2.41. The Labute approximate surface area is 345 Å². The van der Waals surface area contributed by atoms with Gasteiger partial charge in [-0.2, -0.15) is 4.68 Å². The minimum atomic E-state index is -0.988. The number of rotatable bonds is 13. The molecule has 3 amide bonds. The molecule has 8 rings (SSSR count). The quantitative estimate of drug-likeness (QED) is 0.0918. The van der Waals surface area contributed by atoms with Crippen molar-refractivity contribution in [3.05, 3.63) is 161 Å². The molecule has 0 bridgehead atoms. The van der Waals surface area contributed by atoms with Crippen LogP contribution in [0.25, 0.3) is 16.8 Å². The van der Waals surface area contributed by atoms with Crippen molar-refractivity contribution < 1.29 is 33.7 Å². The van der Waals surface area contributed by atoms with E-state index < -0.39 is 24.3 Å². The van der Waals surface area contributed by atoms with E-state index in [1.54, 1.807) is 4.68 Å². The predicted octanol–water partition coefficient (Wildman–Crippen LogP) is 6.96. The summed E-state index contributed by atoms with van der Waals surface area (Å²) in [4.78, 5) is 39.8. The number of ether oxygens (including phenoxy) is 3. The van der Waals surface area contributed by atoms with Crippen molar-refractivity contribution in [2.75, 3.05) is 5.75 Å². The maximum atomic E-state index is 13.2. The van der Waals surface area contributed by atoms with E-state index in [0.29, 0.717) is 10.9 Å². The normalized spacial score (nSPS) is 20.4. The van der Waals surface area contributed by atoms with Gasteiger partial charge in [-0.1, -0.05) is 134 Å². The lowest BCUT2D eigenvalue weighted by Gasteiger charge is -2.41. The molecule has 14 heteroatoms. The number of imide groups is 1. The molecule has 0 aliphatic carbocycles. The van der Waals surface area contributed by atoms with Crippen LogP contribution in [0.15, 0.2) is 139 Å². The van der Waals surface area contributed by atoms with Crippen molar-refractivity contribution >= 4 is 29.7 Å². The fraction of sp³-hybridized carbons (Fsp3) is 0.244. The summed E-state index contributed by atoms with van der Waals surface area (Å²) in [6.07, 6.45) is -2.09. The van der Waals surface area contributed by atoms with Crippen molar-refractivity contribution in [2.24, 2.45) is 5.92 Å². The molecule has 300 valence electrons. The summed E-state index contributed by atoms with van der Waals surface area (Å²) in [5.41, 5.74) is 6.92. The summed E-state index contributed by atoms with van der Waals surface area (Å²) in [6, 6.07) is 41.4. The third-order valence-corrected chi connectivity index (χ3v) is 11.5. The Hall–Kier alpha value is -6.19. The Bertz CT molecular complexity index is 2380. The number of amides is 3. The number of nitrogens with one attached hydrogen (secondary N) is 1. The van der Waals surface area contributed by atoms with E-state index in [1.807, 2.05) is 133 Å². The van der Waals surface area contributed by atoms with Gasteiger partial charge in [0.2, 0.25) is 11.1 Å². The van der Waals surface area contributed by atoms with Crippen LogP contribution < -0.4 is 5.32 Å². The van der Waals surface area contributed by atoms with E-state index in [4.69, 9.17) is 14.2 Å². The third kappa shape index (κ3) is 9.26. The Balaban J connectivity index is 0.943. The summed E-state index contributed by atoms with van der Waals surface area (Å²) < 4.78 is 20.3. The second kappa shape index (κ2) is 18.2. The van der Waals surface area contributed by atoms with Crippen molar-refractivity contribution in [2.45, 2.75) is 62.8 Å². The van der Waals surface area contributed by atoms with Crippen LogP contribution >= 0.6 is 11.8 Å². The number of benzene rings is 5. The largest absolute Gasteiger partial charge is 0.445 e. The number of aliphatic hydroxyl groups excluding tert-OH is 1. The highest BCUT2D eigenvalue weighted by Crippen LogP contribution is 2.43. The molecule has 6 aromatic rings. The number of aliphatic hydroxyl groups is 1. The summed E-state index contributed by atoms with van der Waals surface area (Å²) in [7, 11) is 0. The Morgan fingerprint density at radius 2 is 1.54 bits per heavy atom. The highest BCUT2D eigenvalue weighted by molar-refractivity contribution is 7.99. The number of hydrogen-bond donors (Lipinski definition) is 2. The molecule has 5 atom stereocenters. The first-order chi connectivity index (χ1) is 28.8. The monoisotopic (exact) mass is 810 g/mol. The third-order valence-electron chi connectivity index (χ3n) is 10.5. The molecule has 1 aromatic heterocycles. The van der Waals surface area contributed by atoms with Crippen LogP contribution in [-0.4, -0.2) is 66.0 Å².